The van der Waals surface area contributed by atoms with Crippen molar-refractivity contribution >= 4 is 5.91 Å². The van der Waals surface area contributed by atoms with E-state index in [1.165, 1.54) is 0 Å². The summed E-state index contributed by atoms with van der Waals surface area (Å²) in [5.74, 6) is -0.0716. The number of nitrogens with two attached hydrogens (primary N) is 1. The van der Waals surface area contributed by atoms with Crippen LogP contribution in [-0.4, -0.2) is 57.2 Å². The van der Waals surface area contributed by atoms with Crippen molar-refractivity contribution in [2.24, 2.45) is 5.73 Å². The van der Waals surface area contributed by atoms with Gasteiger partial charge in [-0.25, -0.2) is 0 Å². The van der Waals surface area contributed by atoms with Gasteiger partial charge in [0.25, 0.3) is 0 Å². The summed E-state index contributed by atoms with van der Waals surface area (Å²) in [6.07, 6.45) is 0.672. The van der Waals surface area contributed by atoms with Crippen LogP contribution < -0.4 is 11.1 Å². The Morgan fingerprint density at radius 3 is 2.73 bits per heavy atom. The van der Waals surface area contributed by atoms with Crippen LogP contribution in [0.25, 0.3) is 0 Å². The molecule has 0 aromatic heterocycles. The normalized spacial score (nSPS) is 12.9. The third kappa shape index (κ3) is 7.30. The highest BCUT2D eigenvalue weighted by atomic mass is 16.5. The van der Waals surface area contributed by atoms with Gasteiger partial charge in [0.05, 0.1) is 12.6 Å². The van der Waals surface area contributed by atoms with Gasteiger partial charge < -0.3 is 20.7 Å². The number of likely N-dealkylation sites (N-methyl/N-ethyl adjacent to an activating group) is 1. The second-order valence-electron chi connectivity index (χ2n) is 3.60. The summed E-state index contributed by atoms with van der Waals surface area (Å²) in [4.78, 5) is 13.4. The molecular formula is C10H23N3O2. The largest absolute Gasteiger partial charge is 0.383 e. The number of amides is 1. The molecule has 0 radical (unpaired) electrons. The fraction of sp³-hybridized carbons (Fsp3) is 0.900. The van der Waals surface area contributed by atoms with Crippen molar-refractivity contribution in [3.05, 3.63) is 0 Å². The van der Waals surface area contributed by atoms with Gasteiger partial charge in [-0.1, -0.05) is 6.92 Å². The molecule has 0 fully saturated rings. The van der Waals surface area contributed by atoms with Crippen molar-refractivity contribution < 1.29 is 9.53 Å². The maximum atomic E-state index is 11.3. The van der Waals surface area contributed by atoms with E-state index in [9.17, 15) is 4.79 Å². The quantitative estimate of drug-likeness (QED) is 0.571. The monoisotopic (exact) mass is 217 g/mol. The van der Waals surface area contributed by atoms with Gasteiger partial charge in [0, 0.05) is 26.7 Å². The molecular weight excluding hydrogens is 194 g/mol. The Morgan fingerprint density at radius 1 is 1.53 bits per heavy atom. The lowest BCUT2D eigenvalue weighted by Crippen LogP contribution is -2.43. The first-order valence-electron chi connectivity index (χ1n) is 5.32. The van der Waals surface area contributed by atoms with E-state index in [-0.39, 0.29) is 11.9 Å². The van der Waals surface area contributed by atoms with E-state index in [1.54, 1.807) is 7.11 Å². The maximum absolute atomic E-state index is 11.3. The minimum absolute atomic E-state index is 0.0716. The Hall–Kier alpha value is -0.650. The van der Waals surface area contributed by atoms with Gasteiger partial charge in [-0.2, -0.15) is 0 Å². The average Bonchev–Trinajstić information content (AvgIpc) is 2.24. The number of ether oxygens (including phenoxy) is 1. The fourth-order valence-electron chi connectivity index (χ4n) is 1.05. The van der Waals surface area contributed by atoms with E-state index in [0.717, 1.165) is 13.1 Å². The highest BCUT2D eigenvalue weighted by Crippen LogP contribution is 1.86. The summed E-state index contributed by atoms with van der Waals surface area (Å²) in [7, 11) is 3.67. The lowest BCUT2D eigenvalue weighted by Gasteiger charge is -2.17. The van der Waals surface area contributed by atoms with E-state index in [1.807, 2.05) is 14.0 Å². The first kappa shape index (κ1) is 14.3. The number of rotatable bonds is 8. The van der Waals surface area contributed by atoms with Crippen molar-refractivity contribution in [1.29, 1.82) is 0 Å². The van der Waals surface area contributed by atoms with Gasteiger partial charge in [0.15, 0.2) is 0 Å². The predicted octanol–water partition coefficient (Wildman–Crippen LogP) is -0.582. The van der Waals surface area contributed by atoms with Crippen LogP contribution in [0.5, 0.6) is 0 Å². The second-order valence-corrected chi connectivity index (χ2v) is 3.60. The number of hydrogen-bond acceptors (Lipinski definition) is 4. The molecule has 0 aliphatic rings. The first-order valence-corrected chi connectivity index (χ1v) is 5.32. The van der Waals surface area contributed by atoms with Crippen LogP contribution >= 0.6 is 0 Å². The second kappa shape index (κ2) is 8.64. The molecule has 5 heteroatoms. The van der Waals surface area contributed by atoms with Crippen molar-refractivity contribution in [2.75, 3.05) is 40.4 Å². The zero-order chi connectivity index (χ0) is 11.7. The maximum Gasteiger partial charge on any atom is 0.236 e. The molecule has 0 rings (SSSR count). The molecule has 0 aliphatic heterocycles. The first-order chi connectivity index (χ1) is 7.11. The summed E-state index contributed by atoms with van der Waals surface area (Å²) in [6.45, 7) is 4.92. The molecule has 5 nitrogen and oxygen atoms in total. The van der Waals surface area contributed by atoms with E-state index in [4.69, 9.17) is 10.5 Å². The van der Waals surface area contributed by atoms with Crippen molar-refractivity contribution in [2.45, 2.75) is 19.4 Å². The van der Waals surface area contributed by atoms with Gasteiger partial charge in [0.2, 0.25) is 5.91 Å². The lowest BCUT2D eigenvalue weighted by molar-refractivity contribution is -0.122. The molecule has 90 valence electrons. The van der Waals surface area contributed by atoms with Crippen LogP contribution in [-0.2, 0) is 9.53 Å². The number of carbonyl (C=O) groups is 1. The van der Waals surface area contributed by atoms with Crippen molar-refractivity contribution in [1.82, 2.24) is 10.2 Å². The SMILES string of the molecule is CC[C@H](N)C(=O)NCCN(C)CCOC. The molecule has 1 atom stereocenters. The third-order valence-electron chi connectivity index (χ3n) is 2.25. The molecule has 0 aromatic rings. The van der Waals surface area contributed by atoms with E-state index in [0.29, 0.717) is 19.6 Å². The molecule has 15 heavy (non-hydrogen) atoms. The van der Waals surface area contributed by atoms with Gasteiger partial charge in [-0.15, -0.1) is 0 Å². The van der Waals surface area contributed by atoms with Crippen LogP contribution in [0.4, 0.5) is 0 Å². The van der Waals surface area contributed by atoms with E-state index >= 15 is 0 Å². The molecule has 0 saturated heterocycles. The number of hydrogen-bond donors (Lipinski definition) is 2. The standard InChI is InChI=1S/C10H23N3O2/c1-4-9(11)10(14)12-5-6-13(2)7-8-15-3/h9H,4-8,11H2,1-3H3,(H,12,14)/t9-/m0/s1. The Bertz CT molecular complexity index is 176. The summed E-state index contributed by atoms with van der Waals surface area (Å²) in [5.41, 5.74) is 5.57. The highest BCUT2D eigenvalue weighted by molar-refractivity contribution is 5.81. The number of nitrogens with zero attached hydrogens (tertiary/aromatic N) is 1. The van der Waals surface area contributed by atoms with Gasteiger partial charge in [-0.3, -0.25) is 4.79 Å². The van der Waals surface area contributed by atoms with Crippen LogP contribution in [0.2, 0.25) is 0 Å². The molecule has 0 aliphatic carbocycles. The van der Waals surface area contributed by atoms with Crippen molar-refractivity contribution in [3.8, 4) is 0 Å². The lowest BCUT2D eigenvalue weighted by atomic mass is 10.2. The Balaban J connectivity index is 3.48. The topological polar surface area (TPSA) is 67.6 Å². The third-order valence-corrected chi connectivity index (χ3v) is 2.25. The Morgan fingerprint density at radius 2 is 2.20 bits per heavy atom. The number of methoxy groups -OCH3 is 1. The van der Waals surface area contributed by atoms with Gasteiger partial charge >= 0.3 is 0 Å². The molecule has 0 saturated carbocycles. The molecule has 0 aromatic carbocycles. The molecule has 3 N–H and O–H groups in total. The summed E-state index contributed by atoms with van der Waals surface area (Å²) < 4.78 is 4.95. The van der Waals surface area contributed by atoms with E-state index in [2.05, 4.69) is 10.2 Å². The minimum Gasteiger partial charge on any atom is -0.383 e. The summed E-state index contributed by atoms with van der Waals surface area (Å²) in [6, 6.07) is -0.380. The minimum atomic E-state index is -0.380. The zero-order valence-electron chi connectivity index (χ0n) is 9.95. The van der Waals surface area contributed by atoms with Crippen molar-refractivity contribution in [3.63, 3.8) is 0 Å². The Kier molecular flexibility index (Phi) is 8.27. The zero-order valence-corrected chi connectivity index (χ0v) is 9.95. The Labute approximate surface area is 91.9 Å². The average molecular weight is 217 g/mol. The van der Waals surface area contributed by atoms with Crippen LogP contribution in [0, 0.1) is 0 Å². The molecule has 0 bridgehead atoms. The van der Waals surface area contributed by atoms with Crippen LogP contribution in [0.1, 0.15) is 13.3 Å². The highest BCUT2D eigenvalue weighted by Gasteiger charge is 2.09. The molecule has 0 unspecified atom stereocenters. The fourth-order valence-corrected chi connectivity index (χ4v) is 1.05. The molecule has 0 spiro atoms. The van der Waals surface area contributed by atoms with Gasteiger partial charge in [-0.05, 0) is 13.5 Å². The molecule has 0 heterocycles. The number of nitrogens with one attached hydrogen (secondary N) is 1. The molecule has 1 amide bonds. The van der Waals surface area contributed by atoms with Crippen LogP contribution in [0.3, 0.4) is 0 Å². The predicted molar refractivity (Wildman–Crippen MR) is 60.6 cm³/mol. The van der Waals surface area contributed by atoms with E-state index < -0.39 is 0 Å². The summed E-state index contributed by atoms with van der Waals surface area (Å²) in [5, 5.41) is 2.79. The smallest absolute Gasteiger partial charge is 0.236 e. The van der Waals surface area contributed by atoms with Crippen LogP contribution in [0.15, 0.2) is 0 Å². The van der Waals surface area contributed by atoms with Gasteiger partial charge in [0.1, 0.15) is 0 Å². The summed E-state index contributed by atoms with van der Waals surface area (Å²) >= 11 is 0. The number of carbonyl (C=O) groups excluding carboxylic acids is 1.